The Hall–Kier alpha value is -2.60. The van der Waals surface area contributed by atoms with Gasteiger partial charge in [-0.1, -0.05) is 73.3 Å². The molecule has 0 bridgehead atoms. The molecular weight excluding hydrogens is 240 g/mol. The number of hydrogen-bond acceptors (Lipinski definition) is 0. The van der Waals surface area contributed by atoms with Crippen LogP contribution in [0.25, 0.3) is 38.4 Å². The van der Waals surface area contributed by atoms with Crippen molar-refractivity contribution in [1.29, 1.82) is 0 Å². The smallest absolute Gasteiger partial charge is 0.00990 e. The number of rotatable bonds is 1. The minimum Gasteiger partial charge on any atom is -0.0985 e. The van der Waals surface area contributed by atoms with Crippen molar-refractivity contribution in [3.63, 3.8) is 0 Å². The molecule has 0 radical (unpaired) electrons. The molecule has 0 aliphatic carbocycles. The van der Waals surface area contributed by atoms with Crippen molar-refractivity contribution in [2.45, 2.75) is 0 Å². The molecule has 0 aliphatic heterocycles. The van der Waals surface area contributed by atoms with E-state index in [4.69, 9.17) is 0 Å². The normalized spacial score (nSPS) is 11.2. The minimum absolute atomic E-state index is 1.16. The summed E-state index contributed by atoms with van der Waals surface area (Å²) in [5, 5.41) is 7.82. The van der Waals surface area contributed by atoms with Crippen LogP contribution in [0.3, 0.4) is 0 Å². The summed E-state index contributed by atoms with van der Waals surface area (Å²) >= 11 is 0. The van der Waals surface area contributed by atoms with E-state index in [0.29, 0.717) is 0 Å². The third kappa shape index (κ3) is 1.55. The van der Waals surface area contributed by atoms with Gasteiger partial charge in [0.1, 0.15) is 0 Å². The lowest BCUT2D eigenvalue weighted by atomic mass is 9.96. The quantitative estimate of drug-likeness (QED) is 0.377. The third-order valence-electron chi connectivity index (χ3n) is 4.00. The van der Waals surface area contributed by atoms with Crippen LogP contribution in [-0.4, -0.2) is 0 Å². The van der Waals surface area contributed by atoms with Crippen molar-refractivity contribution < 1.29 is 0 Å². The van der Waals surface area contributed by atoms with Crippen molar-refractivity contribution in [3.8, 4) is 0 Å². The zero-order valence-corrected chi connectivity index (χ0v) is 11.1. The lowest BCUT2D eigenvalue weighted by Crippen LogP contribution is -1.81. The Morgan fingerprint density at radius 1 is 0.600 bits per heavy atom. The van der Waals surface area contributed by atoms with Gasteiger partial charge in [0, 0.05) is 0 Å². The second-order valence-electron chi connectivity index (χ2n) is 5.13. The van der Waals surface area contributed by atoms with Gasteiger partial charge < -0.3 is 0 Å². The molecule has 20 heavy (non-hydrogen) atoms. The summed E-state index contributed by atoms with van der Waals surface area (Å²) in [6, 6.07) is 23.9. The molecule has 4 aromatic carbocycles. The van der Waals surface area contributed by atoms with Gasteiger partial charge in [0.25, 0.3) is 0 Å². The van der Waals surface area contributed by atoms with E-state index in [9.17, 15) is 0 Å². The fourth-order valence-electron chi connectivity index (χ4n) is 2.97. The molecule has 0 nitrogen and oxygen atoms in total. The molecule has 0 N–H and O–H groups in total. The lowest BCUT2D eigenvalue weighted by molar-refractivity contribution is 1.74. The molecule has 0 spiro atoms. The summed E-state index contributed by atoms with van der Waals surface area (Å²) < 4.78 is 0. The van der Waals surface area contributed by atoms with Crippen LogP contribution < -0.4 is 0 Å². The molecule has 94 valence electrons. The molecule has 0 saturated carbocycles. The Kier molecular flexibility index (Phi) is 2.37. The summed E-state index contributed by atoms with van der Waals surface area (Å²) in [6.07, 6.45) is 1.89. The average molecular weight is 254 g/mol. The predicted octanol–water partition coefficient (Wildman–Crippen LogP) is 5.79. The van der Waals surface area contributed by atoms with Gasteiger partial charge in [-0.3, -0.25) is 0 Å². The van der Waals surface area contributed by atoms with E-state index in [0.717, 1.165) is 5.56 Å². The van der Waals surface area contributed by atoms with Gasteiger partial charge in [0.05, 0.1) is 0 Å². The van der Waals surface area contributed by atoms with E-state index in [2.05, 4.69) is 73.3 Å². The van der Waals surface area contributed by atoms with Crippen LogP contribution in [0.2, 0.25) is 0 Å². The molecule has 0 unspecified atom stereocenters. The van der Waals surface area contributed by atoms with Crippen LogP contribution in [-0.2, 0) is 0 Å². The van der Waals surface area contributed by atoms with Gasteiger partial charge in [-0.05, 0) is 43.9 Å². The molecule has 4 aromatic rings. The van der Waals surface area contributed by atoms with Gasteiger partial charge in [0.15, 0.2) is 0 Å². The van der Waals surface area contributed by atoms with Gasteiger partial charge in [0.2, 0.25) is 0 Å². The Morgan fingerprint density at radius 2 is 1.25 bits per heavy atom. The molecule has 0 amide bonds. The van der Waals surface area contributed by atoms with Gasteiger partial charge in [-0.2, -0.15) is 0 Å². The summed E-state index contributed by atoms with van der Waals surface area (Å²) in [4.78, 5) is 0. The van der Waals surface area contributed by atoms with Crippen LogP contribution in [0.4, 0.5) is 0 Å². The Morgan fingerprint density at radius 3 is 2.05 bits per heavy atom. The van der Waals surface area contributed by atoms with Crippen molar-refractivity contribution in [2.75, 3.05) is 0 Å². The number of benzene rings is 4. The maximum Gasteiger partial charge on any atom is -0.00990 e. The van der Waals surface area contributed by atoms with Crippen molar-refractivity contribution in [2.24, 2.45) is 0 Å². The summed E-state index contributed by atoms with van der Waals surface area (Å²) in [6.45, 7) is 3.84. The third-order valence-corrected chi connectivity index (χ3v) is 4.00. The van der Waals surface area contributed by atoms with E-state index in [-0.39, 0.29) is 0 Å². The fraction of sp³-hybridized carbons (Fsp3) is 0. The van der Waals surface area contributed by atoms with Crippen molar-refractivity contribution >= 4 is 38.4 Å². The van der Waals surface area contributed by atoms with Crippen molar-refractivity contribution in [1.82, 2.24) is 0 Å². The van der Waals surface area contributed by atoms with Gasteiger partial charge in [-0.25, -0.2) is 0 Å². The summed E-state index contributed by atoms with van der Waals surface area (Å²) in [5.41, 5.74) is 1.16. The molecule has 0 saturated heterocycles. The SMILES string of the molecule is C=Cc1ccc2c(ccc3c4ccccc4ccc23)c1. The molecule has 0 fully saturated rings. The van der Waals surface area contributed by atoms with Gasteiger partial charge >= 0.3 is 0 Å². The van der Waals surface area contributed by atoms with Crippen LogP contribution in [0.5, 0.6) is 0 Å². The molecule has 0 heteroatoms. The topological polar surface area (TPSA) is 0 Å². The van der Waals surface area contributed by atoms with E-state index < -0.39 is 0 Å². The zero-order valence-electron chi connectivity index (χ0n) is 11.1. The average Bonchev–Trinajstić information content (AvgIpc) is 2.53. The first kappa shape index (κ1) is 11.2. The highest BCUT2D eigenvalue weighted by Gasteiger charge is 2.04. The highest BCUT2D eigenvalue weighted by molar-refractivity contribution is 6.17. The van der Waals surface area contributed by atoms with E-state index >= 15 is 0 Å². The lowest BCUT2D eigenvalue weighted by Gasteiger charge is -2.08. The zero-order chi connectivity index (χ0) is 13.5. The van der Waals surface area contributed by atoms with Gasteiger partial charge in [-0.15, -0.1) is 0 Å². The Balaban J connectivity index is 2.20. The second-order valence-corrected chi connectivity index (χ2v) is 5.13. The van der Waals surface area contributed by atoms with Crippen LogP contribution >= 0.6 is 0 Å². The number of hydrogen-bond donors (Lipinski definition) is 0. The number of fused-ring (bicyclic) bond motifs is 5. The Labute approximate surface area is 118 Å². The first-order valence-corrected chi connectivity index (χ1v) is 6.83. The highest BCUT2D eigenvalue weighted by atomic mass is 14.1. The second kappa shape index (κ2) is 4.21. The molecular formula is C20H14. The van der Waals surface area contributed by atoms with Crippen molar-refractivity contribution in [3.05, 3.63) is 78.9 Å². The first-order valence-electron chi connectivity index (χ1n) is 6.83. The minimum atomic E-state index is 1.16. The largest absolute Gasteiger partial charge is 0.0985 e. The standard InChI is InChI=1S/C20H14/c1-2-14-7-10-18-16(13-14)9-12-19-17-6-4-3-5-15(17)8-11-20(18)19/h2-13H,1H2. The molecule has 0 heterocycles. The highest BCUT2D eigenvalue weighted by Crippen LogP contribution is 2.31. The fourth-order valence-corrected chi connectivity index (χ4v) is 2.97. The van der Waals surface area contributed by atoms with Crippen LogP contribution in [0.15, 0.2) is 73.3 Å². The molecule has 0 aliphatic rings. The van der Waals surface area contributed by atoms with E-state index in [1.54, 1.807) is 0 Å². The molecule has 0 atom stereocenters. The Bertz CT molecular complexity index is 961. The van der Waals surface area contributed by atoms with Crippen LogP contribution in [0.1, 0.15) is 5.56 Å². The summed E-state index contributed by atoms with van der Waals surface area (Å²) in [7, 11) is 0. The molecule has 0 aromatic heterocycles. The van der Waals surface area contributed by atoms with Crippen LogP contribution in [0, 0.1) is 0 Å². The molecule has 4 rings (SSSR count). The monoisotopic (exact) mass is 254 g/mol. The predicted molar refractivity (Wildman–Crippen MR) is 89.1 cm³/mol. The first-order chi connectivity index (χ1) is 9.86. The van der Waals surface area contributed by atoms with E-state index in [1.165, 1.54) is 32.3 Å². The maximum atomic E-state index is 3.84. The maximum absolute atomic E-state index is 3.84. The van der Waals surface area contributed by atoms with E-state index in [1.807, 2.05) is 6.08 Å². The summed E-state index contributed by atoms with van der Waals surface area (Å²) in [5.74, 6) is 0.